The summed E-state index contributed by atoms with van der Waals surface area (Å²) in [6.07, 6.45) is -2.82. The van der Waals surface area contributed by atoms with E-state index in [4.69, 9.17) is 9.52 Å². The smallest absolute Gasteiger partial charge is 0.417 e. The number of benzene rings is 1. The van der Waals surface area contributed by atoms with Gasteiger partial charge in [-0.25, -0.2) is 4.79 Å². The van der Waals surface area contributed by atoms with Crippen LogP contribution in [0.1, 0.15) is 11.5 Å². The number of aromatic nitrogens is 2. The van der Waals surface area contributed by atoms with Crippen molar-refractivity contribution >= 4 is 12.0 Å². The van der Waals surface area contributed by atoms with E-state index >= 15 is 0 Å². The van der Waals surface area contributed by atoms with Crippen LogP contribution in [-0.2, 0) is 11.0 Å². The third kappa shape index (κ3) is 3.02. The van der Waals surface area contributed by atoms with Crippen LogP contribution in [0.15, 0.2) is 34.8 Å². The quantitative estimate of drug-likeness (QED) is 0.877. The zero-order chi connectivity index (χ0) is 14.8. The van der Waals surface area contributed by atoms with Crippen LogP contribution in [0, 0.1) is 0 Å². The molecule has 0 atom stereocenters. The highest BCUT2D eigenvalue weighted by atomic mass is 19.4. The van der Waals surface area contributed by atoms with E-state index in [1.54, 1.807) is 0 Å². The van der Waals surface area contributed by atoms with Crippen molar-refractivity contribution in [2.24, 2.45) is 0 Å². The summed E-state index contributed by atoms with van der Waals surface area (Å²) >= 11 is 0. The normalized spacial score (nSPS) is 11.9. The number of rotatable bonds is 3. The van der Waals surface area contributed by atoms with Gasteiger partial charge in [-0.05, 0) is 12.1 Å². The first-order valence-electron chi connectivity index (χ1n) is 5.29. The van der Waals surface area contributed by atoms with Gasteiger partial charge in [0.25, 0.3) is 0 Å². The van der Waals surface area contributed by atoms with E-state index in [0.29, 0.717) is 0 Å². The molecule has 20 heavy (non-hydrogen) atoms. The molecule has 0 aliphatic heterocycles. The molecule has 1 aromatic heterocycles. The summed E-state index contributed by atoms with van der Waals surface area (Å²) in [4.78, 5) is 10.3. The van der Waals surface area contributed by atoms with Crippen molar-refractivity contribution in [3.8, 4) is 11.5 Å². The largest absolute Gasteiger partial charge is 0.478 e. The molecule has 104 valence electrons. The van der Waals surface area contributed by atoms with Crippen LogP contribution in [0.2, 0.25) is 0 Å². The van der Waals surface area contributed by atoms with Crippen molar-refractivity contribution in [2.45, 2.75) is 6.18 Å². The number of carboxylic acid groups (broad SMARTS) is 1. The molecule has 8 heteroatoms. The minimum Gasteiger partial charge on any atom is -0.478 e. The summed E-state index contributed by atoms with van der Waals surface area (Å²) in [5, 5.41) is 15.4. The number of aliphatic carboxylic acids is 1. The predicted octanol–water partition coefficient (Wildman–Crippen LogP) is 2.85. The topological polar surface area (TPSA) is 76.2 Å². The van der Waals surface area contributed by atoms with Gasteiger partial charge in [-0.2, -0.15) is 13.2 Å². The molecule has 2 aromatic rings. The number of hydrogen-bond acceptors (Lipinski definition) is 4. The van der Waals surface area contributed by atoms with Gasteiger partial charge in [0, 0.05) is 12.2 Å². The second kappa shape index (κ2) is 5.16. The fraction of sp³-hybridized carbons (Fsp3) is 0.0833. The summed E-state index contributed by atoms with van der Waals surface area (Å²) in [5.41, 5.74) is -1.17. The minimum atomic E-state index is -4.55. The highest BCUT2D eigenvalue weighted by molar-refractivity contribution is 5.84. The first kappa shape index (κ1) is 13.8. The predicted molar refractivity (Wildman–Crippen MR) is 61.4 cm³/mol. The van der Waals surface area contributed by atoms with Crippen LogP contribution in [0.5, 0.6) is 0 Å². The first-order chi connectivity index (χ1) is 9.38. The van der Waals surface area contributed by atoms with Crippen molar-refractivity contribution in [2.75, 3.05) is 0 Å². The Labute approximate surface area is 110 Å². The van der Waals surface area contributed by atoms with Gasteiger partial charge in [-0.1, -0.05) is 12.1 Å². The van der Waals surface area contributed by atoms with Crippen LogP contribution in [0.4, 0.5) is 13.2 Å². The monoisotopic (exact) mass is 284 g/mol. The Morgan fingerprint density at radius 3 is 2.60 bits per heavy atom. The van der Waals surface area contributed by atoms with Gasteiger partial charge in [0.15, 0.2) is 0 Å². The van der Waals surface area contributed by atoms with Gasteiger partial charge in [0.2, 0.25) is 11.8 Å². The molecule has 0 saturated carbocycles. The highest BCUT2D eigenvalue weighted by Crippen LogP contribution is 2.36. The van der Waals surface area contributed by atoms with Crippen LogP contribution in [-0.4, -0.2) is 21.3 Å². The Balaban J connectivity index is 2.41. The summed E-state index contributed by atoms with van der Waals surface area (Å²) in [6, 6.07) is 4.74. The first-order valence-corrected chi connectivity index (χ1v) is 5.29. The van der Waals surface area contributed by atoms with Crippen molar-refractivity contribution in [3.63, 3.8) is 0 Å². The summed E-state index contributed by atoms with van der Waals surface area (Å²) in [7, 11) is 0. The molecule has 0 fully saturated rings. The molecule has 2 rings (SSSR count). The lowest BCUT2D eigenvalue weighted by Gasteiger charge is -2.09. The van der Waals surface area contributed by atoms with Crippen LogP contribution >= 0.6 is 0 Å². The maximum absolute atomic E-state index is 12.8. The average Bonchev–Trinajstić information content (AvgIpc) is 2.84. The Morgan fingerprint density at radius 1 is 1.25 bits per heavy atom. The fourth-order valence-electron chi connectivity index (χ4n) is 1.47. The molecular formula is C12H7F3N2O3. The van der Waals surface area contributed by atoms with E-state index in [-0.39, 0.29) is 17.3 Å². The number of carbonyl (C=O) groups is 1. The van der Waals surface area contributed by atoms with E-state index in [1.165, 1.54) is 18.2 Å². The van der Waals surface area contributed by atoms with E-state index in [2.05, 4.69) is 10.2 Å². The van der Waals surface area contributed by atoms with Gasteiger partial charge in [-0.3, -0.25) is 0 Å². The number of nitrogens with zero attached hydrogens (tertiary/aromatic N) is 2. The zero-order valence-corrected chi connectivity index (χ0v) is 9.76. The van der Waals surface area contributed by atoms with Crippen LogP contribution in [0.3, 0.4) is 0 Å². The molecule has 1 aromatic carbocycles. The third-order valence-corrected chi connectivity index (χ3v) is 2.27. The average molecular weight is 284 g/mol. The Kier molecular flexibility index (Phi) is 3.55. The molecule has 0 unspecified atom stereocenters. The molecular weight excluding hydrogens is 277 g/mol. The molecule has 1 heterocycles. The molecule has 1 N–H and O–H groups in total. The van der Waals surface area contributed by atoms with Crippen molar-refractivity contribution in [1.82, 2.24) is 10.2 Å². The van der Waals surface area contributed by atoms with E-state index in [0.717, 1.165) is 18.2 Å². The van der Waals surface area contributed by atoms with Gasteiger partial charge in [0.05, 0.1) is 11.1 Å². The van der Waals surface area contributed by atoms with Gasteiger partial charge < -0.3 is 9.52 Å². The molecule has 0 amide bonds. The molecule has 5 nitrogen and oxygen atoms in total. The van der Waals surface area contributed by atoms with Gasteiger partial charge >= 0.3 is 12.1 Å². The number of carboxylic acids is 1. The minimum absolute atomic E-state index is 0.195. The summed E-state index contributed by atoms with van der Waals surface area (Å²) in [5.74, 6) is -1.76. The number of halogens is 3. The molecule has 0 saturated heterocycles. The van der Waals surface area contributed by atoms with Crippen LogP contribution < -0.4 is 0 Å². The zero-order valence-electron chi connectivity index (χ0n) is 9.76. The van der Waals surface area contributed by atoms with Crippen molar-refractivity contribution in [1.29, 1.82) is 0 Å². The SMILES string of the molecule is O=C(O)/C=C/c1nnc(-c2ccccc2C(F)(F)F)o1. The molecule has 0 aliphatic carbocycles. The fourth-order valence-corrected chi connectivity index (χ4v) is 1.47. The Morgan fingerprint density at radius 2 is 1.95 bits per heavy atom. The van der Waals surface area contributed by atoms with E-state index in [1.807, 2.05) is 0 Å². The number of hydrogen-bond donors (Lipinski definition) is 1. The maximum Gasteiger partial charge on any atom is 0.417 e. The van der Waals surface area contributed by atoms with Crippen molar-refractivity contribution < 1.29 is 27.5 Å². The van der Waals surface area contributed by atoms with Gasteiger partial charge in [-0.15, -0.1) is 10.2 Å². The second-order valence-corrected chi connectivity index (χ2v) is 3.66. The lowest BCUT2D eigenvalue weighted by molar-refractivity contribution is -0.137. The molecule has 0 aliphatic rings. The summed E-state index contributed by atoms with van der Waals surface area (Å²) < 4.78 is 43.4. The highest BCUT2D eigenvalue weighted by Gasteiger charge is 2.34. The van der Waals surface area contributed by atoms with Gasteiger partial charge in [0.1, 0.15) is 0 Å². The molecule has 0 bridgehead atoms. The molecule has 0 spiro atoms. The van der Waals surface area contributed by atoms with Crippen molar-refractivity contribution in [3.05, 3.63) is 41.8 Å². The second-order valence-electron chi connectivity index (χ2n) is 3.66. The Hall–Kier alpha value is -2.64. The van der Waals surface area contributed by atoms with E-state index in [9.17, 15) is 18.0 Å². The van der Waals surface area contributed by atoms with E-state index < -0.39 is 17.7 Å². The number of alkyl halides is 3. The Bertz CT molecular complexity index is 662. The third-order valence-electron chi connectivity index (χ3n) is 2.27. The molecule has 0 radical (unpaired) electrons. The standard InChI is InChI=1S/C12H7F3N2O3/c13-12(14,15)8-4-2-1-3-7(8)11-17-16-9(20-11)5-6-10(18)19/h1-6H,(H,18,19)/b6-5+. The maximum atomic E-state index is 12.8. The summed E-state index contributed by atoms with van der Waals surface area (Å²) in [6.45, 7) is 0. The lowest BCUT2D eigenvalue weighted by atomic mass is 10.1. The van der Waals surface area contributed by atoms with Crippen LogP contribution in [0.25, 0.3) is 17.5 Å². The lowest BCUT2D eigenvalue weighted by Crippen LogP contribution is -2.06.